The van der Waals surface area contributed by atoms with Gasteiger partial charge in [-0.1, -0.05) is 13.0 Å². The second-order valence-electron chi connectivity index (χ2n) is 5.84. The Morgan fingerprint density at radius 1 is 1.32 bits per heavy atom. The maximum atomic E-state index is 13.6. The van der Waals surface area contributed by atoms with Gasteiger partial charge < -0.3 is 4.74 Å². The molecule has 3 heteroatoms. The van der Waals surface area contributed by atoms with Crippen molar-refractivity contribution in [1.29, 1.82) is 0 Å². The summed E-state index contributed by atoms with van der Waals surface area (Å²) in [6.45, 7) is 3.79. The summed E-state index contributed by atoms with van der Waals surface area (Å²) < 4.78 is 22.0. The Morgan fingerprint density at radius 2 is 2.16 bits per heavy atom. The molecule has 0 amide bonds. The molecule has 3 heterocycles. The van der Waals surface area contributed by atoms with Crippen LogP contribution in [-0.4, -0.2) is 12.8 Å². The Balaban J connectivity index is 2.08. The van der Waals surface area contributed by atoms with E-state index in [9.17, 15) is 4.39 Å². The topological polar surface area (TPSA) is 13.1 Å². The van der Waals surface area contributed by atoms with Gasteiger partial charge in [0, 0.05) is 6.07 Å². The summed E-state index contributed by atoms with van der Waals surface area (Å²) in [4.78, 5) is 0. The van der Waals surface area contributed by atoms with Crippen LogP contribution in [0.4, 0.5) is 4.39 Å². The molecule has 3 unspecified atom stereocenters. The number of ether oxygens (including phenoxy) is 1. The lowest BCUT2D eigenvalue weighted by atomic mass is 9.69. The zero-order chi connectivity index (χ0) is 13.2. The van der Waals surface area contributed by atoms with E-state index in [0.29, 0.717) is 0 Å². The van der Waals surface area contributed by atoms with Crippen LogP contribution >= 0.6 is 0 Å². The summed E-state index contributed by atoms with van der Waals surface area (Å²) in [6.07, 6.45) is 0.969. The molecule has 98 valence electrons. The fourth-order valence-corrected chi connectivity index (χ4v) is 3.78. The van der Waals surface area contributed by atoms with Crippen molar-refractivity contribution in [1.82, 2.24) is 0 Å². The van der Waals surface area contributed by atoms with Crippen molar-refractivity contribution in [2.45, 2.75) is 37.8 Å². The Labute approximate surface area is 111 Å². The SMILES string of the molecule is CCC1Oc2cccc3ccc4[n+](c23)C1C4(C)CF. The molecule has 0 spiro atoms. The van der Waals surface area contributed by atoms with Gasteiger partial charge in [-0.3, -0.25) is 0 Å². The van der Waals surface area contributed by atoms with Crippen LogP contribution in [0.5, 0.6) is 5.75 Å². The lowest BCUT2D eigenvalue weighted by Gasteiger charge is -2.45. The van der Waals surface area contributed by atoms with E-state index in [1.807, 2.05) is 19.1 Å². The predicted molar refractivity (Wildman–Crippen MR) is 71.2 cm³/mol. The normalized spacial score (nSPS) is 30.9. The number of hydrogen-bond acceptors (Lipinski definition) is 1. The van der Waals surface area contributed by atoms with Gasteiger partial charge in [-0.15, -0.1) is 0 Å². The van der Waals surface area contributed by atoms with Crippen LogP contribution in [0.25, 0.3) is 10.9 Å². The molecule has 0 saturated heterocycles. The van der Waals surface area contributed by atoms with Crippen molar-refractivity contribution in [3.63, 3.8) is 0 Å². The second kappa shape index (κ2) is 3.47. The van der Waals surface area contributed by atoms with Gasteiger partial charge in [0.2, 0.25) is 6.04 Å². The molecule has 0 N–H and O–H groups in total. The molecule has 0 fully saturated rings. The first-order valence-corrected chi connectivity index (χ1v) is 6.91. The molecule has 19 heavy (non-hydrogen) atoms. The van der Waals surface area contributed by atoms with Crippen LogP contribution in [0.1, 0.15) is 32.0 Å². The van der Waals surface area contributed by atoms with E-state index < -0.39 is 5.41 Å². The maximum absolute atomic E-state index is 13.6. The first kappa shape index (κ1) is 11.2. The highest BCUT2D eigenvalue weighted by molar-refractivity contribution is 5.82. The van der Waals surface area contributed by atoms with Crippen LogP contribution in [0, 0.1) is 0 Å². The highest BCUT2D eigenvalue weighted by atomic mass is 19.1. The quantitative estimate of drug-likeness (QED) is 0.754. The number of nitrogens with zero attached hydrogens (tertiary/aromatic N) is 1. The van der Waals surface area contributed by atoms with Gasteiger partial charge in [-0.05, 0) is 31.5 Å². The van der Waals surface area contributed by atoms with Gasteiger partial charge in [0.25, 0.3) is 5.52 Å². The van der Waals surface area contributed by atoms with E-state index in [4.69, 9.17) is 4.74 Å². The van der Waals surface area contributed by atoms with Crippen LogP contribution in [0.3, 0.4) is 0 Å². The summed E-state index contributed by atoms with van der Waals surface area (Å²) in [7, 11) is 0. The second-order valence-corrected chi connectivity index (χ2v) is 5.84. The summed E-state index contributed by atoms with van der Waals surface area (Å²) >= 11 is 0. The van der Waals surface area contributed by atoms with Crippen molar-refractivity contribution in [3.8, 4) is 5.75 Å². The fourth-order valence-electron chi connectivity index (χ4n) is 3.78. The molecule has 1 aromatic carbocycles. The molecule has 1 aromatic heterocycles. The van der Waals surface area contributed by atoms with Gasteiger partial charge in [0.1, 0.15) is 12.1 Å². The average molecular weight is 258 g/mol. The molecule has 4 rings (SSSR count). The van der Waals surface area contributed by atoms with Crippen LogP contribution < -0.4 is 9.30 Å². The van der Waals surface area contributed by atoms with E-state index in [1.54, 1.807) is 0 Å². The van der Waals surface area contributed by atoms with Gasteiger partial charge in [0.05, 0.1) is 5.39 Å². The van der Waals surface area contributed by atoms with E-state index in [2.05, 4.69) is 29.7 Å². The largest absolute Gasteiger partial charge is 0.477 e. The van der Waals surface area contributed by atoms with Crippen molar-refractivity contribution in [2.24, 2.45) is 0 Å². The number of benzene rings is 1. The third kappa shape index (κ3) is 1.14. The zero-order valence-electron chi connectivity index (χ0n) is 11.2. The Hall–Kier alpha value is -1.64. The molecule has 2 aliphatic heterocycles. The third-order valence-corrected chi connectivity index (χ3v) is 4.78. The van der Waals surface area contributed by atoms with E-state index >= 15 is 0 Å². The summed E-state index contributed by atoms with van der Waals surface area (Å²) in [6, 6.07) is 10.4. The number of pyridine rings is 1. The van der Waals surface area contributed by atoms with Crippen LogP contribution in [-0.2, 0) is 5.41 Å². The average Bonchev–Trinajstić information content (AvgIpc) is 2.45. The van der Waals surface area contributed by atoms with Crippen molar-refractivity contribution >= 4 is 10.9 Å². The lowest BCUT2D eigenvalue weighted by molar-refractivity contribution is -0.776. The Morgan fingerprint density at radius 3 is 2.89 bits per heavy atom. The van der Waals surface area contributed by atoms with Crippen LogP contribution in [0.15, 0.2) is 30.3 Å². The molecule has 2 aromatic rings. The molecule has 0 aliphatic carbocycles. The van der Waals surface area contributed by atoms with E-state index in [1.165, 1.54) is 5.39 Å². The molecule has 2 nitrogen and oxygen atoms in total. The van der Waals surface area contributed by atoms with Gasteiger partial charge >= 0.3 is 0 Å². The summed E-state index contributed by atoms with van der Waals surface area (Å²) in [5.74, 6) is 0.934. The van der Waals surface area contributed by atoms with Gasteiger partial charge in [-0.2, -0.15) is 4.57 Å². The monoisotopic (exact) mass is 258 g/mol. The van der Waals surface area contributed by atoms with Gasteiger partial charge in [-0.25, -0.2) is 4.39 Å². The molecule has 0 saturated carbocycles. The molecule has 3 atom stereocenters. The van der Waals surface area contributed by atoms with Crippen LogP contribution in [0.2, 0.25) is 0 Å². The summed E-state index contributed by atoms with van der Waals surface area (Å²) in [5.41, 5.74) is 1.82. The van der Waals surface area contributed by atoms with Crippen molar-refractivity contribution in [2.75, 3.05) is 6.67 Å². The minimum atomic E-state index is -0.400. The first-order valence-electron chi connectivity index (χ1n) is 6.91. The van der Waals surface area contributed by atoms with Crippen molar-refractivity contribution < 1.29 is 13.7 Å². The minimum Gasteiger partial charge on any atom is -0.477 e. The Bertz CT molecular complexity index is 684. The highest BCUT2D eigenvalue weighted by Gasteiger charge is 2.64. The first-order chi connectivity index (χ1) is 9.20. The number of halogens is 1. The zero-order valence-corrected chi connectivity index (χ0v) is 11.2. The molecular formula is C16H17FNO+. The summed E-state index contributed by atoms with van der Waals surface area (Å²) in [5, 5.41) is 1.17. The Kier molecular flexibility index (Phi) is 2.05. The molecule has 0 radical (unpaired) electrons. The lowest BCUT2D eigenvalue weighted by Crippen LogP contribution is -2.73. The highest BCUT2D eigenvalue weighted by Crippen LogP contribution is 2.48. The number of hydrogen-bond donors (Lipinski definition) is 0. The molecule has 0 bridgehead atoms. The molecular weight excluding hydrogens is 241 g/mol. The predicted octanol–water partition coefficient (Wildman–Crippen LogP) is 3.08. The van der Waals surface area contributed by atoms with E-state index in [0.717, 1.165) is 23.4 Å². The van der Waals surface area contributed by atoms with E-state index in [-0.39, 0.29) is 18.8 Å². The number of alkyl halides is 1. The molecule has 2 aliphatic rings. The number of aromatic nitrogens is 1. The fraction of sp³-hybridized carbons (Fsp3) is 0.438. The number of para-hydroxylation sites is 1. The maximum Gasteiger partial charge on any atom is 0.255 e. The van der Waals surface area contributed by atoms with Gasteiger partial charge in [0.15, 0.2) is 17.5 Å². The smallest absolute Gasteiger partial charge is 0.255 e. The third-order valence-electron chi connectivity index (χ3n) is 4.78. The standard InChI is InChI=1S/C16H17FNO/c1-3-11-15-16(2,9-17)13-8-7-10-5-4-6-12(19-11)14(10)18(13)15/h4-8,11,15H,3,9H2,1-2H3/q+1. The van der Waals surface area contributed by atoms with Crippen molar-refractivity contribution in [3.05, 3.63) is 36.0 Å². The minimum absolute atomic E-state index is 0.0683. The number of rotatable bonds is 2.